The number of nitrogens with zero attached hydrogens (tertiary/aromatic N) is 1. The molecule has 1 amide bonds. The van der Waals surface area contributed by atoms with Gasteiger partial charge in [-0.2, -0.15) is 13.2 Å². The molecule has 2 N–H and O–H groups in total. The van der Waals surface area contributed by atoms with Crippen molar-refractivity contribution in [1.82, 2.24) is 4.90 Å². The van der Waals surface area contributed by atoms with Gasteiger partial charge in [0, 0.05) is 18.5 Å². The lowest BCUT2D eigenvalue weighted by Crippen LogP contribution is -2.38. The molecular formula is C17H23F3N2O. The number of hydrogen-bond donors (Lipinski definition) is 1. The van der Waals surface area contributed by atoms with E-state index in [2.05, 4.69) is 0 Å². The number of benzene rings is 1. The molecule has 3 nitrogen and oxygen atoms in total. The molecule has 6 heteroatoms. The minimum absolute atomic E-state index is 0.0494. The van der Waals surface area contributed by atoms with Crippen molar-refractivity contribution in [3.63, 3.8) is 0 Å². The van der Waals surface area contributed by atoms with Crippen LogP contribution in [-0.2, 0) is 17.4 Å². The lowest BCUT2D eigenvalue weighted by Gasteiger charge is -2.25. The summed E-state index contributed by atoms with van der Waals surface area (Å²) < 4.78 is 37.7. The number of rotatable bonds is 4. The zero-order chi connectivity index (χ0) is 17.2. The number of carbonyl (C=O) groups excluding carboxylic acids is 1. The minimum Gasteiger partial charge on any atom is -0.339 e. The minimum atomic E-state index is -4.33. The van der Waals surface area contributed by atoms with Gasteiger partial charge in [0.25, 0.3) is 0 Å². The summed E-state index contributed by atoms with van der Waals surface area (Å²) >= 11 is 0. The van der Waals surface area contributed by atoms with Crippen LogP contribution in [0.25, 0.3) is 0 Å². The Kier molecular flexibility index (Phi) is 5.34. The maximum Gasteiger partial charge on any atom is 0.416 e. The molecule has 0 aliphatic carbocycles. The molecule has 0 saturated carbocycles. The standard InChI is InChI=1S/C17H23F3N2O/c1-11(16(23)22-10-14(9-21)8-12(22)2)7-13-3-5-15(6-4-13)17(18,19)20/h3-6,11-12,14H,7-10,21H2,1-2H3. The smallest absolute Gasteiger partial charge is 0.339 e. The first-order valence-corrected chi connectivity index (χ1v) is 7.89. The number of carbonyl (C=O) groups is 1. The molecule has 1 fully saturated rings. The topological polar surface area (TPSA) is 46.3 Å². The highest BCUT2D eigenvalue weighted by atomic mass is 19.4. The van der Waals surface area contributed by atoms with Gasteiger partial charge in [-0.25, -0.2) is 0 Å². The molecule has 0 radical (unpaired) electrons. The zero-order valence-corrected chi connectivity index (χ0v) is 13.4. The van der Waals surface area contributed by atoms with E-state index in [1.165, 1.54) is 12.1 Å². The molecule has 1 aromatic carbocycles. The van der Waals surface area contributed by atoms with Crippen LogP contribution in [0.3, 0.4) is 0 Å². The van der Waals surface area contributed by atoms with Crippen LogP contribution >= 0.6 is 0 Å². The van der Waals surface area contributed by atoms with Gasteiger partial charge in [-0.3, -0.25) is 4.79 Å². The van der Waals surface area contributed by atoms with Crippen LogP contribution in [-0.4, -0.2) is 29.9 Å². The summed E-state index contributed by atoms with van der Waals surface area (Å²) in [5.74, 6) is 0.131. The molecule has 1 aliphatic heterocycles. The van der Waals surface area contributed by atoms with E-state index in [0.29, 0.717) is 25.4 Å². The highest BCUT2D eigenvalue weighted by Gasteiger charge is 2.34. The third kappa shape index (κ3) is 4.25. The van der Waals surface area contributed by atoms with E-state index < -0.39 is 11.7 Å². The summed E-state index contributed by atoms with van der Waals surface area (Å²) in [6.07, 6.45) is -2.98. The summed E-state index contributed by atoms with van der Waals surface area (Å²) in [5, 5.41) is 0. The van der Waals surface area contributed by atoms with Gasteiger partial charge in [0.15, 0.2) is 0 Å². The van der Waals surface area contributed by atoms with Crippen LogP contribution in [0.4, 0.5) is 13.2 Å². The summed E-state index contributed by atoms with van der Waals surface area (Å²) in [4.78, 5) is 14.4. The van der Waals surface area contributed by atoms with Gasteiger partial charge in [0.2, 0.25) is 5.91 Å². The number of halogens is 3. The quantitative estimate of drug-likeness (QED) is 0.923. The maximum absolute atomic E-state index is 12.6. The average molecular weight is 328 g/mol. The fourth-order valence-electron chi connectivity index (χ4n) is 3.17. The fraction of sp³-hybridized carbons (Fsp3) is 0.588. The second-order valence-corrected chi connectivity index (χ2v) is 6.48. The maximum atomic E-state index is 12.6. The second-order valence-electron chi connectivity index (χ2n) is 6.48. The molecule has 1 heterocycles. The zero-order valence-electron chi connectivity index (χ0n) is 13.4. The molecule has 1 saturated heterocycles. The van der Waals surface area contributed by atoms with Crippen molar-refractivity contribution >= 4 is 5.91 Å². The molecule has 3 atom stereocenters. The fourth-order valence-corrected chi connectivity index (χ4v) is 3.17. The van der Waals surface area contributed by atoms with Gasteiger partial charge in [-0.05, 0) is 49.9 Å². The van der Waals surface area contributed by atoms with Crippen molar-refractivity contribution in [2.75, 3.05) is 13.1 Å². The van der Waals surface area contributed by atoms with Gasteiger partial charge in [0.05, 0.1) is 5.56 Å². The normalized spacial score (nSPS) is 23.1. The third-order valence-electron chi connectivity index (χ3n) is 4.52. The number of likely N-dealkylation sites (tertiary alicyclic amines) is 1. The van der Waals surface area contributed by atoms with Crippen LogP contribution in [0.2, 0.25) is 0 Å². The molecule has 1 aliphatic rings. The van der Waals surface area contributed by atoms with E-state index in [9.17, 15) is 18.0 Å². The first kappa shape index (κ1) is 17.8. The predicted molar refractivity (Wildman–Crippen MR) is 82.6 cm³/mol. The Labute approximate surface area is 134 Å². The number of alkyl halides is 3. The van der Waals surface area contributed by atoms with Crippen molar-refractivity contribution < 1.29 is 18.0 Å². The van der Waals surface area contributed by atoms with E-state index in [0.717, 1.165) is 24.1 Å². The first-order valence-electron chi connectivity index (χ1n) is 7.89. The molecule has 2 rings (SSSR count). The van der Waals surface area contributed by atoms with Crippen LogP contribution in [0, 0.1) is 11.8 Å². The van der Waals surface area contributed by atoms with E-state index in [1.54, 1.807) is 0 Å². The van der Waals surface area contributed by atoms with E-state index in [1.807, 2.05) is 18.7 Å². The van der Waals surface area contributed by atoms with Crippen molar-refractivity contribution in [2.24, 2.45) is 17.6 Å². The average Bonchev–Trinajstić information content (AvgIpc) is 2.87. The molecular weight excluding hydrogens is 305 g/mol. The van der Waals surface area contributed by atoms with Crippen molar-refractivity contribution in [3.8, 4) is 0 Å². The Hall–Kier alpha value is -1.56. The molecule has 23 heavy (non-hydrogen) atoms. The van der Waals surface area contributed by atoms with Gasteiger partial charge in [-0.15, -0.1) is 0 Å². The third-order valence-corrected chi connectivity index (χ3v) is 4.52. The van der Waals surface area contributed by atoms with Crippen LogP contribution < -0.4 is 5.73 Å². The lowest BCUT2D eigenvalue weighted by molar-refractivity contribution is -0.138. The number of nitrogens with two attached hydrogens (primary N) is 1. The lowest BCUT2D eigenvalue weighted by atomic mass is 9.98. The van der Waals surface area contributed by atoms with Crippen molar-refractivity contribution in [3.05, 3.63) is 35.4 Å². The summed E-state index contributed by atoms with van der Waals surface area (Å²) in [6, 6.07) is 5.20. The second kappa shape index (κ2) is 6.91. The summed E-state index contributed by atoms with van der Waals surface area (Å²) in [6.45, 7) is 5.08. The largest absolute Gasteiger partial charge is 0.416 e. The SMILES string of the molecule is CC(Cc1ccc(C(F)(F)F)cc1)C(=O)N1CC(CN)CC1C. The molecule has 0 aromatic heterocycles. The first-order chi connectivity index (χ1) is 10.7. The Morgan fingerprint density at radius 2 is 1.96 bits per heavy atom. The summed E-state index contributed by atoms with van der Waals surface area (Å²) in [7, 11) is 0. The molecule has 0 spiro atoms. The van der Waals surface area contributed by atoms with E-state index in [4.69, 9.17) is 5.73 Å². The van der Waals surface area contributed by atoms with Gasteiger partial charge in [-0.1, -0.05) is 19.1 Å². The van der Waals surface area contributed by atoms with Crippen LogP contribution in [0.5, 0.6) is 0 Å². The predicted octanol–water partition coefficient (Wildman–Crippen LogP) is 3.08. The van der Waals surface area contributed by atoms with Gasteiger partial charge >= 0.3 is 6.18 Å². The Bertz CT molecular complexity index is 542. The molecule has 128 valence electrons. The summed E-state index contributed by atoms with van der Waals surface area (Å²) in [5.41, 5.74) is 5.75. The number of amides is 1. The number of hydrogen-bond acceptors (Lipinski definition) is 2. The molecule has 0 bridgehead atoms. The highest BCUT2D eigenvalue weighted by molar-refractivity contribution is 5.79. The van der Waals surface area contributed by atoms with Crippen molar-refractivity contribution in [2.45, 2.75) is 38.9 Å². The van der Waals surface area contributed by atoms with E-state index >= 15 is 0 Å². The van der Waals surface area contributed by atoms with E-state index in [-0.39, 0.29) is 17.9 Å². The molecule has 1 aromatic rings. The van der Waals surface area contributed by atoms with Crippen LogP contribution in [0.15, 0.2) is 24.3 Å². The van der Waals surface area contributed by atoms with Crippen molar-refractivity contribution in [1.29, 1.82) is 0 Å². The Morgan fingerprint density at radius 1 is 1.35 bits per heavy atom. The van der Waals surface area contributed by atoms with Gasteiger partial charge in [0.1, 0.15) is 0 Å². The Balaban J connectivity index is 1.98. The van der Waals surface area contributed by atoms with Crippen LogP contribution in [0.1, 0.15) is 31.4 Å². The Morgan fingerprint density at radius 3 is 2.43 bits per heavy atom. The van der Waals surface area contributed by atoms with Gasteiger partial charge < -0.3 is 10.6 Å². The highest BCUT2D eigenvalue weighted by Crippen LogP contribution is 2.30. The monoisotopic (exact) mass is 328 g/mol. The molecule has 3 unspecified atom stereocenters.